The van der Waals surface area contributed by atoms with Crippen LogP contribution < -0.4 is 11.4 Å². The molecule has 1 amide bonds. The molecule has 1 unspecified atom stereocenters. The van der Waals surface area contributed by atoms with Crippen molar-refractivity contribution in [1.29, 1.82) is 0 Å². The van der Waals surface area contributed by atoms with Crippen molar-refractivity contribution in [2.45, 2.75) is 13.0 Å². The minimum atomic E-state index is -0.777. The van der Waals surface area contributed by atoms with E-state index in [4.69, 9.17) is 10.5 Å². The standard InChI is InChI=1S/C12H13N3O3/c13-11(16)18-6-7-4-8-2-1-3-9-10(8)15(5-7)12(17)14-9/h1-3,7H,4-6H2,(H2,13,16)(H,14,17). The Labute approximate surface area is 102 Å². The van der Waals surface area contributed by atoms with E-state index in [1.807, 2.05) is 18.2 Å². The summed E-state index contributed by atoms with van der Waals surface area (Å²) in [6.07, 6.45) is 0.00229. The first-order chi connectivity index (χ1) is 8.65. The Hall–Kier alpha value is -2.24. The van der Waals surface area contributed by atoms with Crippen molar-refractivity contribution < 1.29 is 9.53 Å². The number of imidazole rings is 1. The van der Waals surface area contributed by atoms with E-state index < -0.39 is 6.09 Å². The lowest BCUT2D eigenvalue weighted by Crippen LogP contribution is -2.30. The highest BCUT2D eigenvalue weighted by atomic mass is 16.5. The molecule has 1 aromatic carbocycles. The predicted octanol–water partition coefficient (Wildman–Crippen LogP) is 0.597. The molecule has 2 aromatic rings. The second-order valence-corrected chi connectivity index (χ2v) is 4.55. The number of nitrogens with two attached hydrogens (primary N) is 1. The second kappa shape index (κ2) is 3.90. The molecule has 0 saturated carbocycles. The van der Waals surface area contributed by atoms with Crippen LogP contribution in [0.2, 0.25) is 0 Å². The number of aromatic nitrogens is 2. The van der Waals surface area contributed by atoms with E-state index in [0.29, 0.717) is 6.54 Å². The summed E-state index contributed by atoms with van der Waals surface area (Å²) in [5.74, 6) is 0.0871. The molecule has 0 fully saturated rings. The molecule has 2 heterocycles. The van der Waals surface area contributed by atoms with Gasteiger partial charge < -0.3 is 15.5 Å². The molecule has 3 N–H and O–H groups in total. The molecule has 1 aliphatic heterocycles. The first kappa shape index (κ1) is 10.9. The van der Waals surface area contributed by atoms with Gasteiger partial charge in [0.2, 0.25) is 0 Å². The molecule has 1 atom stereocenters. The zero-order chi connectivity index (χ0) is 12.7. The molecule has 1 aromatic heterocycles. The lowest BCUT2D eigenvalue weighted by Gasteiger charge is -2.22. The van der Waals surface area contributed by atoms with E-state index in [2.05, 4.69) is 4.98 Å². The smallest absolute Gasteiger partial charge is 0.404 e. The van der Waals surface area contributed by atoms with E-state index in [1.54, 1.807) is 4.57 Å². The number of carbonyl (C=O) groups is 1. The fraction of sp³-hybridized carbons (Fsp3) is 0.333. The fourth-order valence-electron chi connectivity index (χ4n) is 2.58. The molecule has 6 heteroatoms. The van der Waals surface area contributed by atoms with Crippen LogP contribution in [-0.4, -0.2) is 22.3 Å². The summed E-state index contributed by atoms with van der Waals surface area (Å²) in [6, 6.07) is 5.79. The van der Waals surface area contributed by atoms with Crippen LogP contribution in [-0.2, 0) is 17.7 Å². The monoisotopic (exact) mass is 247 g/mol. The third-order valence-corrected chi connectivity index (χ3v) is 3.29. The first-order valence-corrected chi connectivity index (χ1v) is 5.78. The van der Waals surface area contributed by atoms with E-state index >= 15 is 0 Å². The Morgan fingerprint density at radius 2 is 2.39 bits per heavy atom. The van der Waals surface area contributed by atoms with Crippen molar-refractivity contribution in [1.82, 2.24) is 9.55 Å². The van der Waals surface area contributed by atoms with E-state index in [9.17, 15) is 9.59 Å². The molecule has 3 rings (SSSR count). The number of hydrogen-bond donors (Lipinski definition) is 2. The highest BCUT2D eigenvalue weighted by Crippen LogP contribution is 2.25. The van der Waals surface area contributed by atoms with E-state index in [-0.39, 0.29) is 18.2 Å². The number of nitrogens with one attached hydrogen (secondary N) is 1. The summed E-state index contributed by atoms with van der Waals surface area (Å²) in [7, 11) is 0. The normalized spacial score (nSPS) is 17.9. The maximum Gasteiger partial charge on any atom is 0.404 e. The van der Waals surface area contributed by atoms with Gasteiger partial charge in [0.05, 0.1) is 17.6 Å². The van der Waals surface area contributed by atoms with Crippen LogP contribution in [0.15, 0.2) is 23.0 Å². The Kier molecular flexibility index (Phi) is 2.36. The highest BCUT2D eigenvalue weighted by molar-refractivity contribution is 5.79. The Balaban J connectivity index is 1.97. The van der Waals surface area contributed by atoms with Gasteiger partial charge in [0.15, 0.2) is 0 Å². The van der Waals surface area contributed by atoms with Gasteiger partial charge in [-0.25, -0.2) is 9.59 Å². The number of para-hydroxylation sites is 1. The number of primary amides is 1. The van der Waals surface area contributed by atoms with Crippen molar-refractivity contribution in [2.24, 2.45) is 11.7 Å². The molecule has 0 radical (unpaired) electrons. The van der Waals surface area contributed by atoms with Crippen LogP contribution in [0.4, 0.5) is 4.79 Å². The molecule has 1 aliphatic rings. The SMILES string of the molecule is NC(=O)OCC1Cc2cccc3[nH]c(=O)n(c23)C1. The summed E-state index contributed by atoms with van der Waals surface area (Å²) in [5.41, 5.74) is 7.73. The van der Waals surface area contributed by atoms with Crippen LogP contribution in [0.1, 0.15) is 5.56 Å². The molecular weight excluding hydrogens is 234 g/mol. The molecule has 0 bridgehead atoms. The zero-order valence-corrected chi connectivity index (χ0v) is 9.68. The van der Waals surface area contributed by atoms with Crippen LogP contribution in [0.25, 0.3) is 11.0 Å². The lowest BCUT2D eigenvalue weighted by atomic mass is 9.95. The number of carbonyl (C=O) groups excluding carboxylic acids is 1. The third-order valence-electron chi connectivity index (χ3n) is 3.29. The number of benzene rings is 1. The van der Waals surface area contributed by atoms with Gasteiger partial charge >= 0.3 is 11.8 Å². The fourth-order valence-corrected chi connectivity index (χ4v) is 2.58. The second-order valence-electron chi connectivity index (χ2n) is 4.55. The van der Waals surface area contributed by atoms with Crippen molar-refractivity contribution in [3.8, 4) is 0 Å². The largest absolute Gasteiger partial charge is 0.449 e. The Morgan fingerprint density at radius 3 is 3.17 bits per heavy atom. The molecule has 6 nitrogen and oxygen atoms in total. The van der Waals surface area contributed by atoms with Gasteiger partial charge in [0.25, 0.3) is 0 Å². The van der Waals surface area contributed by atoms with Gasteiger partial charge in [0.1, 0.15) is 0 Å². The van der Waals surface area contributed by atoms with Gasteiger partial charge in [-0.3, -0.25) is 4.57 Å². The van der Waals surface area contributed by atoms with Crippen molar-refractivity contribution in [2.75, 3.05) is 6.61 Å². The minimum Gasteiger partial charge on any atom is -0.449 e. The number of hydrogen-bond acceptors (Lipinski definition) is 3. The van der Waals surface area contributed by atoms with Crippen molar-refractivity contribution >= 4 is 17.1 Å². The summed E-state index contributed by atoms with van der Waals surface area (Å²) < 4.78 is 6.52. The van der Waals surface area contributed by atoms with Gasteiger partial charge in [-0.15, -0.1) is 0 Å². The van der Waals surface area contributed by atoms with Crippen molar-refractivity contribution in [3.63, 3.8) is 0 Å². The van der Waals surface area contributed by atoms with Crippen LogP contribution in [0, 0.1) is 5.92 Å². The number of nitrogens with zero attached hydrogens (tertiary/aromatic N) is 1. The maximum atomic E-state index is 11.8. The van der Waals surface area contributed by atoms with Gasteiger partial charge in [-0.1, -0.05) is 12.1 Å². The van der Waals surface area contributed by atoms with Gasteiger partial charge in [-0.2, -0.15) is 0 Å². The van der Waals surface area contributed by atoms with Crippen LogP contribution >= 0.6 is 0 Å². The Bertz CT molecular complexity index is 671. The molecule has 0 saturated heterocycles. The number of aromatic amines is 1. The average molecular weight is 247 g/mol. The van der Waals surface area contributed by atoms with E-state index in [1.165, 1.54) is 0 Å². The molecule has 0 aliphatic carbocycles. The highest BCUT2D eigenvalue weighted by Gasteiger charge is 2.23. The Morgan fingerprint density at radius 1 is 1.56 bits per heavy atom. The van der Waals surface area contributed by atoms with Gasteiger partial charge in [-0.05, 0) is 18.1 Å². The molecule has 94 valence electrons. The number of H-pyrrole nitrogens is 1. The van der Waals surface area contributed by atoms with E-state index in [0.717, 1.165) is 23.0 Å². The van der Waals surface area contributed by atoms with Gasteiger partial charge in [0, 0.05) is 12.5 Å². The van der Waals surface area contributed by atoms with Crippen LogP contribution in [0.5, 0.6) is 0 Å². The summed E-state index contributed by atoms with van der Waals surface area (Å²) in [6.45, 7) is 0.784. The average Bonchev–Trinajstić information content (AvgIpc) is 2.66. The summed E-state index contributed by atoms with van der Waals surface area (Å²) in [4.78, 5) is 25.3. The quantitative estimate of drug-likeness (QED) is 0.814. The summed E-state index contributed by atoms with van der Waals surface area (Å²) >= 11 is 0. The number of amides is 1. The maximum absolute atomic E-state index is 11.8. The molecule has 18 heavy (non-hydrogen) atoms. The third kappa shape index (κ3) is 1.66. The summed E-state index contributed by atoms with van der Waals surface area (Å²) in [5, 5.41) is 0. The first-order valence-electron chi connectivity index (χ1n) is 5.78. The van der Waals surface area contributed by atoms with Crippen molar-refractivity contribution in [3.05, 3.63) is 34.2 Å². The predicted molar refractivity (Wildman–Crippen MR) is 65.3 cm³/mol. The minimum absolute atomic E-state index is 0.0871. The topological polar surface area (TPSA) is 90.1 Å². The molecule has 0 spiro atoms. The lowest BCUT2D eigenvalue weighted by molar-refractivity contribution is 0.130. The van der Waals surface area contributed by atoms with Crippen LogP contribution in [0.3, 0.4) is 0 Å². The number of ether oxygens (including phenoxy) is 1. The number of rotatable bonds is 2. The molecular formula is C12H13N3O3. The zero-order valence-electron chi connectivity index (χ0n) is 9.68.